The highest BCUT2D eigenvalue weighted by atomic mass is 32.2. The molecule has 0 spiro atoms. The van der Waals surface area contributed by atoms with Crippen LogP contribution in [0.4, 0.5) is 0 Å². The minimum absolute atomic E-state index is 0.0132. The first kappa shape index (κ1) is 19.1. The lowest BCUT2D eigenvalue weighted by atomic mass is 10.2. The number of pyridine rings is 1. The van der Waals surface area contributed by atoms with Crippen molar-refractivity contribution in [3.05, 3.63) is 66.0 Å². The second-order valence-electron chi connectivity index (χ2n) is 6.10. The van der Waals surface area contributed by atoms with Gasteiger partial charge >= 0.3 is 0 Å². The van der Waals surface area contributed by atoms with Gasteiger partial charge in [-0.3, -0.25) is 9.67 Å². The van der Waals surface area contributed by atoms with Crippen molar-refractivity contribution in [2.45, 2.75) is 13.0 Å². The summed E-state index contributed by atoms with van der Waals surface area (Å²) in [4.78, 5) is 4.30. The molecule has 0 aliphatic heterocycles. The smallest absolute Gasteiger partial charge is 0.212 e. The lowest BCUT2D eigenvalue weighted by Gasteiger charge is -2.06. The summed E-state index contributed by atoms with van der Waals surface area (Å²) >= 11 is 0. The van der Waals surface area contributed by atoms with E-state index in [0.717, 1.165) is 22.7 Å². The minimum Gasteiger partial charge on any atom is -0.497 e. The van der Waals surface area contributed by atoms with E-state index in [1.54, 1.807) is 18.0 Å². The summed E-state index contributed by atoms with van der Waals surface area (Å²) in [6.45, 7) is 0.144. The Labute approximate surface area is 159 Å². The second kappa shape index (κ2) is 8.32. The van der Waals surface area contributed by atoms with Crippen molar-refractivity contribution < 1.29 is 13.2 Å². The summed E-state index contributed by atoms with van der Waals surface area (Å²) in [5.74, 6) is 0.762. The standard InChI is InChI=1S/C19H22N4O3S/c1-23-19(18-5-3-4-11-20-18)13-16(22-23)14-21-27(24,25)12-10-15-6-8-17(26-2)9-7-15/h3-9,11,13,21H,10,12,14H2,1-2H3. The number of sulfonamides is 1. The van der Waals surface area contributed by atoms with Crippen LogP contribution in [0, 0.1) is 0 Å². The summed E-state index contributed by atoms with van der Waals surface area (Å²) in [7, 11) is 0.000681. The van der Waals surface area contributed by atoms with Crippen LogP contribution in [0.5, 0.6) is 5.75 Å². The van der Waals surface area contributed by atoms with E-state index in [0.29, 0.717) is 12.1 Å². The van der Waals surface area contributed by atoms with Crippen LogP contribution in [-0.2, 0) is 30.0 Å². The Balaban J connectivity index is 1.58. The van der Waals surface area contributed by atoms with Crippen LogP contribution in [0.2, 0.25) is 0 Å². The topological polar surface area (TPSA) is 86.1 Å². The molecule has 2 aromatic heterocycles. The maximum absolute atomic E-state index is 12.3. The lowest BCUT2D eigenvalue weighted by Crippen LogP contribution is -2.27. The first-order valence-electron chi connectivity index (χ1n) is 8.51. The van der Waals surface area contributed by atoms with E-state index in [9.17, 15) is 8.42 Å². The molecule has 0 unspecified atom stereocenters. The van der Waals surface area contributed by atoms with E-state index >= 15 is 0 Å². The van der Waals surface area contributed by atoms with Crippen molar-refractivity contribution in [1.29, 1.82) is 0 Å². The fourth-order valence-corrected chi connectivity index (χ4v) is 3.68. The molecule has 0 amide bonds. The van der Waals surface area contributed by atoms with Gasteiger partial charge in [-0.2, -0.15) is 5.10 Å². The third kappa shape index (κ3) is 5.15. The molecular formula is C19H22N4O3S. The number of benzene rings is 1. The van der Waals surface area contributed by atoms with E-state index in [4.69, 9.17) is 4.74 Å². The van der Waals surface area contributed by atoms with Crippen LogP contribution >= 0.6 is 0 Å². The number of hydrogen-bond acceptors (Lipinski definition) is 5. The molecule has 142 valence electrons. The van der Waals surface area contributed by atoms with Gasteiger partial charge in [-0.05, 0) is 42.3 Å². The molecule has 0 saturated carbocycles. The first-order valence-corrected chi connectivity index (χ1v) is 10.2. The van der Waals surface area contributed by atoms with Gasteiger partial charge in [0.15, 0.2) is 0 Å². The molecule has 0 fully saturated rings. The van der Waals surface area contributed by atoms with Crippen LogP contribution in [0.3, 0.4) is 0 Å². The largest absolute Gasteiger partial charge is 0.497 e. The number of ether oxygens (including phenoxy) is 1. The molecule has 7 nitrogen and oxygen atoms in total. The monoisotopic (exact) mass is 386 g/mol. The number of aromatic nitrogens is 3. The predicted molar refractivity (Wildman–Crippen MR) is 104 cm³/mol. The van der Waals surface area contributed by atoms with E-state index in [-0.39, 0.29) is 12.3 Å². The van der Waals surface area contributed by atoms with Gasteiger partial charge in [-0.1, -0.05) is 18.2 Å². The summed E-state index contributed by atoms with van der Waals surface area (Å²) < 4.78 is 34.0. The number of aryl methyl sites for hydroxylation is 2. The third-order valence-electron chi connectivity index (χ3n) is 4.15. The Morgan fingerprint density at radius 2 is 1.93 bits per heavy atom. The van der Waals surface area contributed by atoms with Gasteiger partial charge in [-0.15, -0.1) is 0 Å². The normalized spacial score (nSPS) is 11.5. The van der Waals surface area contributed by atoms with E-state index in [1.807, 2.05) is 55.6 Å². The Bertz CT molecular complexity index is 984. The van der Waals surface area contributed by atoms with E-state index < -0.39 is 10.0 Å². The molecule has 2 heterocycles. The van der Waals surface area contributed by atoms with Crippen molar-refractivity contribution in [1.82, 2.24) is 19.5 Å². The van der Waals surface area contributed by atoms with Crippen molar-refractivity contribution in [2.24, 2.45) is 7.05 Å². The Hall–Kier alpha value is -2.71. The lowest BCUT2D eigenvalue weighted by molar-refractivity contribution is 0.414. The number of methoxy groups -OCH3 is 1. The second-order valence-corrected chi connectivity index (χ2v) is 8.02. The molecule has 0 aliphatic carbocycles. The molecule has 8 heteroatoms. The van der Waals surface area contributed by atoms with E-state index in [2.05, 4.69) is 14.8 Å². The summed E-state index contributed by atoms with van der Waals surface area (Å²) in [5, 5.41) is 4.36. The molecule has 3 aromatic rings. The van der Waals surface area contributed by atoms with Crippen LogP contribution < -0.4 is 9.46 Å². The molecule has 0 radical (unpaired) electrons. The van der Waals surface area contributed by atoms with Crippen molar-refractivity contribution >= 4 is 10.0 Å². The Morgan fingerprint density at radius 1 is 1.15 bits per heavy atom. The predicted octanol–water partition coefficient (Wildman–Crippen LogP) is 2.15. The van der Waals surface area contributed by atoms with Gasteiger partial charge < -0.3 is 4.74 Å². The van der Waals surface area contributed by atoms with Crippen LogP contribution in [0.15, 0.2) is 54.7 Å². The minimum atomic E-state index is -3.41. The number of nitrogens with one attached hydrogen (secondary N) is 1. The number of nitrogens with zero attached hydrogens (tertiary/aromatic N) is 3. The zero-order valence-electron chi connectivity index (χ0n) is 15.3. The summed E-state index contributed by atoms with van der Waals surface area (Å²) in [6, 6.07) is 14.9. The third-order valence-corrected chi connectivity index (χ3v) is 5.48. The molecule has 27 heavy (non-hydrogen) atoms. The first-order chi connectivity index (χ1) is 13.0. The molecule has 1 N–H and O–H groups in total. The molecule has 1 aromatic carbocycles. The van der Waals surface area contributed by atoms with Crippen molar-refractivity contribution in [3.63, 3.8) is 0 Å². The molecule has 3 rings (SSSR count). The van der Waals surface area contributed by atoms with Gasteiger partial charge in [0.25, 0.3) is 0 Å². The zero-order valence-corrected chi connectivity index (χ0v) is 16.1. The average Bonchev–Trinajstić information content (AvgIpc) is 3.07. The van der Waals surface area contributed by atoms with E-state index in [1.165, 1.54) is 0 Å². The van der Waals surface area contributed by atoms with Gasteiger partial charge in [0.05, 0.1) is 36.5 Å². The zero-order chi connectivity index (χ0) is 19.3. The maximum Gasteiger partial charge on any atom is 0.212 e. The molecular weight excluding hydrogens is 364 g/mol. The van der Waals surface area contributed by atoms with Crippen LogP contribution in [-0.4, -0.2) is 36.0 Å². The van der Waals surface area contributed by atoms with Gasteiger partial charge in [0.1, 0.15) is 5.75 Å². The van der Waals surface area contributed by atoms with Gasteiger partial charge in [0.2, 0.25) is 10.0 Å². The average molecular weight is 386 g/mol. The number of rotatable bonds is 8. The number of hydrogen-bond donors (Lipinski definition) is 1. The molecule has 0 saturated heterocycles. The SMILES string of the molecule is COc1ccc(CCS(=O)(=O)NCc2cc(-c3ccccn3)n(C)n2)cc1. The molecule has 0 aliphatic rings. The fraction of sp³-hybridized carbons (Fsp3) is 0.263. The maximum atomic E-state index is 12.3. The Kier molecular flexibility index (Phi) is 5.88. The van der Waals surface area contributed by atoms with Crippen LogP contribution in [0.25, 0.3) is 11.4 Å². The summed E-state index contributed by atoms with van der Waals surface area (Å²) in [6.07, 6.45) is 2.14. The van der Waals surface area contributed by atoms with Crippen LogP contribution in [0.1, 0.15) is 11.3 Å². The van der Waals surface area contributed by atoms with Gasteiger partial charge in [-0.25, -0.2) is 13.1 Å². The highest BCUT2D eigenvalue weighted by Crippen LogP contribution is 2.17. The summed E-state index contributed by atoms with van der Waals surface area (Å²) in [5.41, 5.74) is 3.21. The highest BCUT2D eigenvalue weighted by molar-refractivity contribution is 7.89. The van der Waals surface area contributed by atoms with Crippen molar-refractivity contribution in [2.75, 3.05) is 12.9 Å². The highest BCUT2D eigenvalue weighted by Gasteiger charge is 2.13. The quantitative estimate of drug-likeness (QED) is 0.641. The van der Waals surface area contributed by atoms with Gasteiger partial charge in [0, 0.05) is 13.2 Å². The molecule has 0 atom stereocenters. The van der Waals surface area contributed by atoms with Crippen molar-refractivity contribution in [3.8, 4) is 17.1 Å². The Morgan fingerprint density at radius 3 is 2.59 bits per heavy atom. The fourth-order valence-electron chi connectivity index (χ4n) is 2.67. The molecule has 0 bridgehead atoms.